The van der Waals surface area contributed by atoms with Gasteiger partial charge in [0.25, 0.3) is 0 Å². The first-order valence-corrected chi connectivity index (χ1v) is 11.7. The number of aromatic nitrogens is 2. The number of halogens is 2. The van der Waals surface area contributed by atoms with E-state index in [4.69, 9.17) is 9.84 Å². The SMILES string of the molecule is CCCn1nc(-c2ccc(OCCCCCCN(C)C(=O)O)cc2F)c2ccc(Br)cc21. The summed E-state index contributed by atoms with van der Waals surface area (Å²) in [6, 6.07) is 10.8. The van der Waals surface area contributed by atoms with Crippen LogP contribution in [0.5, 0.6) is 5.75 Å². The Labute approximate surface area is 196 Å². The van der Waals surface area contributed by atoms with Crippen molar-refractivity contribution in [3.8, 4) is 17.0 Å². The fourth-order valence-electron chi connectivity index (χ4n) is 3.60. The average Bonchev–Trinajstić information content (AvgIpc) is 3.10. The van der Waals surface area contributed by atoms with E-state index >= 15 is 0 Å². The van der Waals surface area contributed by atoms with Gasteiger partial charge in [-0.3, -0.25) is 4.68 Å². The van der Waals surface area contributed by atoms with Gasteiger partial charge in [0.2, 0.25) is 0 Å². The summed E-state index contributed by atoms with van der Waals surface area (Å²) in [5.74, 6) is 0.141. The third-order valence-electron chi connectivity index (χ3n) is 5.33. The van der Waals surface area contributed by atoms with Crippen molar-refractivity contribution in [2.24, 2.45) is 0 Å². The number of unbranched alkanes of at least 4 members (excludes halogenated alkanes) is 3. The van der Waals surface area contributed by atoms with Crippen LogP contribution < -0.4 is 4.74 Å². The lowest BCUT2D eigenvalue weighted by Gasteiger charge is -2.12. The Morgan fingerprint density at radius 1 is 1.19 bits per heavy atom. The molecule has 0 aliphatic heterocycles. The van der Waals surface area contributed by atoms with Crippen molar-refractivity contribution in [2.75, 3.05) is 20.2 Å². The second-order valence-electron chi connectivity index (χ2n) is 7.84. The summed E-state index contributed by atoms with van der Waals surface area (Å²) in [6.45, 7) is 3.88. The van der Waals surface area contributed by atoms with Crippen molar-refractivity contribution in [1.29, 1.82) is 0 Å². The van der Waals surface area contributed by atoms with Crippen molar-refractivity contribution >= 4 is 32.9 Å². The van der Waals surface area contributed by atoms with E-state index in [1.807, 2.05) is 22.9 Å². The number of carbonyl (C=O) groups is 1. The molecule has 8 heteroatoms. The van der Waals surface area contributed by atoms with Crippen LogP contribution in [0.1, 0.15) is 39.0 Å². The molecular weight excluding hydrogens is 477 g/mol. The number of benzene rings is 2. The molecule has 172 valence electrons. The van der Waals surface area contributed by atoms with E-state index in [1.54, 1.807) is 19.2 Å². The summed E-state index contributed by atoms with van der Waals surface area (Å²) in [6.07, 6.45) is 3.55. The predicted molar refractivity (Wildman–Crippen MR) is 128 cm³/mol. The van der Waals surface area contributed by atoms with Crippen LogP contribution in [0.25, 0.3) is 22.2 Å². The Balaban J connectivity index is 1.59. The van der Waals surface area contributed by atoms with Gasteiger partial charge < -0.3 is 14.7 Å². The molecule has 1 heterocycles. The highest BCUT2D eigenvalue weighted by atomic mass is 79.9. The molecule has 3 rings (SSSR count). The maximum Gasteiger partial charge on any atom is 0.407 e. The fraction of sp³-hybridized carbons (Fsp3) is 0.417. The molecule has 3 aromatic rings. The van der Waals surface area contributed by atoms with Crippen LogP contribution >= 0.6 is 15.9 Å². The maximum absolute atomic E-state index is 15.0. The number of fused-ring (bicyclic) bond motifs is 1. The second-order valence-corrected chi connectivity index (χ2v) is 8.76. The van der Waals surface area contributed by atoms with Crippen LogP contribution in [0, 0.1) is 5.82 Å². The van der Waals surface area contributed by atoms with Gasteiger partial charge in [-0.05, 0) is 49.6 Å². The first-order valence-electron chi connectivity index (χ1n) is 10.9. The van der Waals surface area contributed by atoms with E-state index in [0.29, 0.717) is 30.2 Å². The van der Waals surface area contributed by atoms with Gasteiger partial charge in [0.15, 0.2) is 0 Å². The van der Waals surface area contributed by atoms with Crippen molar-refractivity contribution < 1.29 is 19.0 Å². The van der Waals surface area contributed by atoms with Crippen LogP contribution in [-0.4, -0.2) is 46.1 Å². The van der Waals surface area contributed by atoms with Gasteiger partial charge in [-0.15, -0.1) is 0 Å². The molecule has 0 aliphatic rings. The zero-order chi connectivity index (χ0) is 23.1. The van der Waals surface area contributed by atoms with Gasteiger partial charge in [-0.25, -0.2) is 9.18 Å². The van der Waals surface area contributed by atoms with Crippen molar-refractivity contribution in [3.63, 3.8) is 0 Å². The number of aryl methyl sites for hydroxylation is 1. The first-order chi connectivity index (χ1) is 15.4. The third-order valence-corrected chi connectivity index (χ3v) is 5.82. The number of hydrogen-bond acceptors (Lipinski definition) is 3. The molecule has 0 radical (unpaired) electrons. The standard InChI is InChI=1S/C24H29BrFN3O3/c1-3-12-29-22-15-17(25)8-10-20(22)23(27-29)19-11-9-18(16-21(19)26)32-14-7-5-4-6-13-28(2)24(30)31/h8-11,15-16H,3-7,12-14H2,1-2H3,(H,30,31). The molecule has 0 fully saturated rings. The molecule has 0 aliphatic carbocycles. The van der Waals surface area contributed by atoms with Crippen molar-refractivity contribution in [3.05, 3.63) is 46.7 Å². The largest absolute Gasteiger partial charge is 0.493 e. The van der Waals surface area contributed by atoms with Gasteiger partial charge in [0.05, 0.1) is 12.1 Å². The quantitative estimate of drug-likeness (QED) is 0.299. The lowest BCUT2D eigenvalue weighted by molar-refractivity contribution is 0.155. The molecule has 0 unspecified atom stereocenters. The number of nitrogens with zero attached hydrogens (tertiary/aromatic N) is 3. The van der Waals surface area contributed by atoms with Gasteiger partial charge >= 0.3 is 6.09 Å². The normalized spacial score (nSPS) is 11.1. The smallest absolute Gasteiger partial charge is 0.407 e. The topological polar surface area (TPSA) is 67.6 Å². The second kappa shape index (κ2) is 11.3. The van der Waals surface area contributed by atoms with Crippen molar-refractivity contribution in [2.45, 2.75) is 45.6 Å². The summed E-state index contributed by atoms with van der Waals surface area (Å²) in [7, 11) is 1.57. The Morgan fingerprint density at radius 2 is 1.97 bits per heavy atom. The Morgan fingerprint density at radius 3 is 2.69 bits per heavy atom. The molecule has 2 aromatic carbocycles. The molecule has 1 aromatic heterocycles. The Bertz CT molecular complexity index is 1070. The number of hydrogen-bond donors (Lipinski definition) is 1. The third kappa shape index (κ3) is 6.00. The molecule has 1 N–H and O–H groups in total. The minimum Gasteiger partial charge on any atom is -0.493 e. The Kier molecular flexibility index (Phi) is 8.50. The number of ether oxygens (including phenoxy) is 1. The highest BCUT2D eigenvalue weighted by molar-refractivity contribution is 9.10. The van der Waals surface area contributed by atoms with Gasteiger partial charge in [-0.2, -0.15) is 5.10 Å². The van der Waals surface area contributed by atoms with Crippen LogP contribution in [-0.2, 0) is 6.54 Å². The minimum absolute atomic E-state index is 0.356. The molecule has 1 amide bonds. The number of carboxylic acid groups (broad SMARTS) is 1. The van der Waals surface area contributed by atoms with Crippen LogP contribution in [0.4, 0.5) is 9.18 Å². The van der Waals surface area contributed by atoms with E-state index < -0.39 is 6.09 Å². The lowest BCUT2D eigenvalue weighted by Crippen LogP contribution is -2.25. The summed E-state index contributed by atoms with van der Waals surface area (Å²) in [4.78, 5) is 12.0. The molecule has 0 saturated heterocycles. The monoisotopic (exact) mass is 505 g/mol. The zero-order valence-corrected chi connectivity index (χ0v) is 20.1. The molecular formula is C24H29BrFN3O3. The highest BCUT2D eigenvalue weighted by Gasteiger charge is 2.16. The highest BCUT2D eigenvalue weighted by Crippen LogP contribution is 2.33. The van der Waals surface area contributed by atoms with Crippen molar-refractivity contribution in [1.82, 2.24) is 14.7 Å². The Hall–Kier alpha value is -2.61. The predicted octanol–water partition coefficient (Wildman–Crippen LogP) is 6.56. The van der Waals surface area contributed by atoms with E-state index in [0.717, 1.165) is 54.0 Å². The van der Waals surface area contributed by atoms with E-state index in [9.17, 15) is 9.18 Å². The maximum atomic E-state index is 15.0. The van der Waals surface area contributed by atoms with Crippen LogP contribution in [0.3, 0.4) is 0 Å². The summed E-state index contributed by atoms with van der Waals surface area (Å²) in [5.41, 5.74) is 2.07. The van der Waals surface area contributed by atoms with E-state index in [1.165, 1.54) is 11.0 Å². The molecule has 32 heavy (non-hydrogen) atoms. The van der Waals surface area contributed by atoms with E-state index in [-0.39, 0.29) is 5.82 Å². The molecule has 0 saturated carbocycles. The molecule has 0 atom stereocenters. The molecule has 0 bridgehead atoms. The first kappa shape index (κ1) is 24.0. The fourth-order valence-corrected chi connectivity index (χ4v) is 3.95. The summed E-state index contributed by atoms with van der Waals surface area (Å²) in [5, 5.41) is 14.4. The summed E-state index contributed by atoms with van der Waals surface area (Å²) >= 11 is 3.51. The zero-order valence-electron chi connectivity index (χ0n) is 18.5. The van der Waals surface area contributed by atoms with E-state index in [2.05, 4.69) is 28.0 Å². The van der Waals surface area contributed by atoms with Gasteiger partial charge in [0.1, 0.15) is 17.3 Å². The molecule has 6 nitrogen and oxygen atoms in total. The average molecular weight is 506 g/mol. The minimum atomic E-state index is -0.906. The van der Waals surface area contributed by atoms with Crippen LogP contribution in [0.15, 0.2) is 40.9 Å². The number of rotatable bonds is 11. The molecule has 0 spiro atoms. The van der Waals surface area contributed by atoms with Crippen LogP contribution in [0.2, 0.25) is 0 Å². The summed E-state index contributed by atoms with van der Waals surface area (Å²) < 4.78 is 23.6. The lowest BCUT2D eigenvalue weighted by atomic mass is 10.1. The van der Waals surface area contributed by atoms with Gasteiger partial charge in [0, 0.05) is 41.6 Å². The number of amides is 1. The van der Waals surface area contributed by atoms with Gasteiger partial charge in [-0.1, -0.05) is 35.7 Å².